The average Bonchev–Trinajstić information content (AvgIpc) is 2.61. The van der Waals surface area contributed by atoms with Gasteiger partial charge in [0.2, 0.25) is 0 Å². The fourth-order valence-corrected chi connectivity index (χ4v) is 3.25. The maximum Gasteiger partial charge on any atom is 0.157 e. The number of nitrogens with zero attached hydrogens (tertiary/aromatic N) is 2. The van der Waals surface area contributed by atoms with Crippen molar-refractivity contribution in [2.75, 3.05) is 11.5 Å². The van der Waals surface area contributed by atoms with Crippen molar-refractivity contribution in [1.82, 2.24) is 9.78 Å². The van der Waals surface area contributed by atoms with Gasteiger partial charge in [-0.2, -0.15) is 16.9 Å². The number of aromatic hydroxyl groups is 1. The maximum absolute atomic E-state index is 9.84. The van der Waals surface area contributed by atoms with Gasteiger partial charge in [-0.1, -0.05) is 0 Å². The molecule has 1 aliphatic rings. The average molecular weight is 226 g/mol. The van der Waals surface area contributed by atoms with Crippen molar-refractivity contribution in [2.45, 2.75) is 38.6 Å². The van der Waals surface area contributed by atoms with Crippen molar-refractivity contribution < 1.29 is 5.11 Å². The number of hydrogen-bond acceptors (Lipinski definition) is 3. The Kier molecular flexibility index (Phi) is 3.24. The van der Waals surface area contributed by atoms with E-state index in [1.807, 2.05) is 16.4 Å². The van der Waals surface area contributed by atoms with Crippen molar-refractivity contribution in [3.63, 3.8) is 0 Å². The third-order valence-corrected chi connectivity index (χ3v) is 3.96. The van der Waals surface area contributed by atoms with Gasteiger partial charge in [0.15, 0.2) is 5.75 Å². The van der Waals surface area contributed by atoms with Crippen LogP contribution in [0.2, 0.25) is 0 Å². The molecule has 0 atom stereocenters. The summed E-state index contributed by atoms with van der Waals surface area (Å²) in [4.78, 5) is 0. The van der Waals surface area contributed by atoms with E-state index in [0.717, 1.165) is 18.5 Å². The highest BCUT2D eigenvalue weighted by molar-refractivity contribution is 7.99. The van der Waals surface area contributed by atoms with Gasteiger partial charge in [0.1, 0.15) is 0 Å². The molecule has 0 saturated carbocycles. The summed E-state index contributed by atoms with van der Waals surface area (Å²) in [6.07, 6.45) is 3.91. The highest BCUT2D eigenvalue weighted by Gasteiger charge is 2.24. The summed E-state index contributed by atoms with van der Waals surface area (Å²) in [5, 5.41) is 14.1. The molecular formula is C11H18N2OS. The van der Waals surface area contributed by atoms with Gasteiger partial charge in [0.25, 0.3) is 0 Å². The Balaban J connectivity index is 2.28. The highest BCUT2D eigenvalue weighted by atomic mass is 32.2. The van der Waals surface area contributed by atoms with Gasteiger partial charge in [-0.25, -0.2) is 0 Å². The van der Waals surface area contributed by atoms with Gasteiger partial charge in [0.05, 0.1) is 11.9 Å². The third kappa shape index (κ3) is 2.14. The first kappa shape index (κ1) is 10.9. The number of thioether (sulfide) groups is 1. The smallest absolute Gasteiger partial charge is 0.157 e. The predicted octanol–water partition coefficient (Wildman–Crippen LogP) is 2.78. The van der Waals surface area contributed by atoms with Crippen molar-refractivity contribution in [3.05, 3.63) is 11.9 Å². The topological polar surface area (TPSA) is 38.0 Å². The standard InChI is InChI=1S/C11H18N2OS/c1-8(2)13-11(10(14)7-12-13)9-3-5-15-6-4-9/h7-9,14H,3-6H2,1-2H3. The summed E-state index contributed by atoms with van der Waals surface area (Å²) in [6.45, 7) is 4.21. The minimum absolute atomic E-state index is 0.329. The van der Waals surface area contributed by atoms with Gasteiger partial charge >= 0.3 is 0 Å². The van der Waals surface area contributed by atoms with Crippen LogP contribution in [0.25, 0.3) is 0 Å². The minimum Gasteiger partial charge on any atom is -0.504 e. The first-order valence-electron chi connectivity index (χ1n) is 5.54. The Hall–Kier alpha value is -0.640. The fraction of sp³-hybridized carbons (Fsp3) is 0.727. The van der Waals surface area contributed by atoms with E-state index >= 15 is 0 Å². The van der Waals surface area contributed by atoms with Crippen LogP contribution < -0.4 is 0 Å². The summed E-state index contributed by atoms with van der Waals surface area (Å²) in [5.74, 6) is 3.28. The van der Waals surface area contributed by atoms with Crippen molar-refractivity contribution in [3.8, 4) is 5.75 Å². The lowest BCUT2D eigenvalue weighted by atomic mass is 9.98. The Morgan fingerprint density at radius 2 is 2.13 bits per heavy atom. The Bertz CT molecular complexity index is 329. The Morgan fingerprint density at radius 3 is 2.73 bits per heavy atom. The van der Waals surface area contributed by atoms with E-state index in [1.54, 1.807) is 6.20 Å². The molecular weight excluding hydrogens is 208 g/mol. The molecule has 15 heavy (non-hydrogen) atoms. The molecule has 84 valence electrons. The Morgan fingerprint density at radius 1 is 1.47 bits per heavy atom. The van der Waals surface area contributed by atoms with Crippen LogP contribution >= 0.6 is 11.8 Å². The SMILES string of the molecule is CC(C)n1ncc(O)c1C1CCSCC1. The normalized spacial score (nSPS) is 18.6. The second-order valence-electron chi connectivity index (χ2n) is 4.34. The summed E-state index contributed by atoms with van der Waals surface area (Å²) in [6, 6.07) is 0.329. The molecule has 1 N–H and O–H groups in total. The van der Waals surface area contributed by atoms with E-state index in [0.29, 0.717) is 17.7 Å². The van der Waals surface area contributed by atoms with Gasteiger partial charge in [-0.05, 0) is 38.2 Å². The molecule has 0 aromatic carbocycles. The fourth-order valence-electron chi connectivity index (χ4n) is 2.14. The van der Waals surface area contributed by atoms with E-state index in [2.05, 4.69) is 18.9 Å². The molecule has 2 heterocycles. The molecule has 1 aromatic rings. The first-order valence-corrected chi connectivity index (χ1v) is 6.69. The molecule has 1 aromatic heterocycles. The van der Waals surface area contributed by atoms with Gasteiger partial charge in [-0.3, -0.25) is 4.68 Å². The predicted molar refractivity (Wildman–Crippen MR) is 63.6 cm³/mol. The van der Waals surface area contributed by atoms with Crippen molar-refractivity contribution >= 4 is 11.8 Å². The molecule has 0 radical (unpaired) electrons. The van der Waals surface area contributed by atoms with Crippen LogP contribution in [0.15, 0.2) is 6.20 Å². The molecule has 0 unspecified atom stereocenters. The summed E-state index contributed by atoms with van der Waals surface area (Å²) in [5.41, 5.74) is 1.05. The van der Waals surface area contributed by atoms with Crippen LogP contribution in [0, 0.1) is 0 Å². The molecule has 4 heteroatoms. The molecule has 2 rings (SSSR count). The zero-order valence-electron chi connectivity index (χ0n) is 9.31. The van der Waals surface area contributed by atoms with Crippen LogP contribution in [-0.2, 0) is 0 Å². The largest absolute Gasteiger partial charge is 0.504 e. The first-order chi connectivity index (χ1) is 7.20. The summed E-state index contributed by atoms with van der Waals surface area (Å²) in [7, 11) is 0. The zero-order valence-corrected chi connectivity index (χ0v) is 10.1. The van der Waals surface area contributed by atoms with E-state index < -0.39 is 0 Å². The monoisotopic (exact) mass is 226 g/mol. The maximum atomic E-state index is 9.84. The molecule has 0 spiro atoms. The Labute approximate surface area is 94.9 Å². The molecule has 0 aliphatic carbocycles. The zero-order chi connectivity index (χ0) is 10.8. The molecule has 0 bridgehead atoms. The molecule has 3 nitrogen and oxygen atoms in total. The van der Waals surface area contributed by atoms with E-state index in [4.69, 9.17) is 0 Å². The minimum atomic E-state index is 0.329. The van der Waals surface area contributed by atoms with Crippen LogP contribution in [0.5, 0.6) is 5.75 Å². The number of aromatic nitrogens is 2. The number of hydrogen-bond donors (Lipinski definition) is 1. The van der Waals surface area contributed by atoms with Gasteiger partial charge in [0, 0.05) is 12.0 Å². The van der Waals surface area contributed by atoms with E-state index in [9.17, 15) is 5.11 Å². The van der Waals surface area contributed by atoms with E-state index in [1.165, 1.54) is 11.5 Å². The molecule has 0 amide bonds. The number of rotatable bonds is 2. The van der Waals surface area contributed by atoms with Gasteiger partial charge in [-0.15, -0.1) is 0 Å². The molecule has 1 aliphatic heterocycles. The van der Waals surface area contributed by atoms with Crippen LogP contribution in [0.3, 0.4) is 0 Å². The van der Waals surface area contributed by atoms with Crippen LogP contribution in [-0.4, -0.2) is 26.4 Å². The second kappa shape index (κ2) is 4.47. The van der Waals surface area contributed by atoms with Crippen LogP contribution in [0.4, 0.5) is 0 Å². The van der Waals surface area contributed by atoms with Crippen LogP contribution in [0.1, 0.15) is 44.3 Å². The van der Waals surface area contributed by atoms with E-state index in [-0.39, 0.29) is 0 Å². The highest BCUT2D eigenvalue weighted by Crippen LogP contribution is 2.36. The molecule has 1 saturated heterocycles. The lowest BCUT2D eigenvalue weighted by Gasteiger charge is -2.23. The second-order valence-corrected chi connectivity index (χ2v) is 5.56. The van der Waals surface area contributed by atoms with Crippen molar-refractivity contribution in [1.29, 1.82) is 0 Å². The lowest BCUT2D eigenvalue weighted by Crippen LogP contribution is -2.15. The summed E-state index contributed by atoms with van der Waals surface area (Å²) >= 11 is 2.00. The lowest BCUT2D eigenvalue weighted by molar-refractivity contribution is 0.429. The molecule has 1 fully saturated rings. The third-order valence-electron chi connectivity index (χ3n) is 2.91. The van der Waals surface area contributed by atoms with Crippen molar-refractivity contribution in [2.24, 2.45) is 0 Å². The van der Waals surface area contributed by atoms with Gasteiger partial charge < -0.3 is 5.11 Å². The summed E-state index contributed by atoms with van der Waals surface area (Å²) < 4.78 is 1.97. The quantitative estimate of drug-likeness (QED) is 0.842.